The van der Waals surface area contributed by atoms with Crippen LogP contribution in [0, 0.1) is 0 Å². The van der Waals surface area contributed by atoms with Crippen molar-refractivity contribution >= 4 is 6.16 Å². The molecule has 0 heterocycles. The van der Waals surface area contributed by atoms with Crippen LogP contribution < -0.4 is 0 Å². The van der Waals surface area contributed by atoms with E-state index in [0.29, 0.717) is 6.61 Å². The molecule has 194 valence electrons. The molecule has 1 atom stereocenters. The van der Waals surface area contributed by atoms with Gasteiger partial charge >= 0.3 is 6.16 Å². The summed E-state index contributed by atoms with van der Waals surface area (Å²) in [6.07, 6.45) is 26.4. The molecule has 0 aromatic carbocycles. The standard InChI is InChI=1S/C29H55NO3/c1-5-9-10-11-12-13-14-15-16-17-18-19-20-21-22-23-25-28(6-2)33-29(31)32-27-24-26-30(7-3)8-4/h12-13,15-16,28H,5-11,14,17-27H2,1-4H3/b13-12-,16-15-. The Morgan fingerprint density at radius 1 is 0.758 bits per heavy atom. The summed E-state index contributed by atoms with van der Waals surface area (Å²) in [4.78, 5) is 14.2. The summed E-state index contributed by atoms with van der Waals surface area (Å²) in [5.74, 6) is 0. The van der Waals surface area contributed by atoms with E-state index in [0.717, 1.165) is 51.7 Å². The molecule has 1 unspecified atom stereocenters. The van der Waals surface area contributed by atoms with Crippen molar-refractivity contribution in [1.82, 2.24) is 4.90 Å². The monoisotopic (exact) mass is 465 g/mol. The molecule has 0 aromatic rings. The Morgan fingerprint density at radius 3 is 1.97 bits per heavy atom. The highest BCUT2D eigenvalue weighted by atomic mass is 16.7. The van der Waals surface area contributed by atoms with E-state index in [1.54, 1.807) is 0 Å². The Kier molecular flexibility index (Phi) is 24.3. The molecule has 0 spiro atoms. The summed E-state index contributed by atoms with van der Waals surface area (Å²) in [5.41, 5.74) is 0. The lowest BCUT2D eigenvalue weighted by Gasteiger charge is -2.18. The second-order valence-corrected chi connectivity index (χ2v) is 9.00. The maximum Gasteiger partial charge on any atom is 0.508 e. The van der Waals surface area contributed by atoms with Crippen LogP contribution in [0.2, 0.25) is 0 Å². The maximum atomic E-state index is 11.9. The Labute approximate surface area is 206 Å². The van der Waals surface area contributed by atoms with Gasteiger partial charge in [-0.25, -0.2) is 4.79 Å². The van der Waals surface area contributed by atoms with Gasteiger partial charge in [0.1, 0.15) is 6.10 Å². The summed E-state index contributed by atoms with van der Waals surface area (Å²) >= 11 is 0. The third kappa shape index (κ3) is 22.3. The van der Waals surface area contributed by atoms with Gasteiger partial charge in [0.25, 0.3) is 0 Å². The van der Waals surface area contributed by atoms with Gasteiger partial charge in [-0.1, -0.05) is 90.5 Å². The van der Waals surface area contributed by atoms with E-state index in [4.69, 9.17) is 9.47 Å². The smallest absolute Gasteiger partial charge is 0.434 e. The summed E-state index contributed by atoms with van der Waals surface area (Å²) in [7, 11) is 0. The van der Waals surface area contributed by atoms with E-state index < -0.39 is 6.16 Å². The number of rotatable bonds is 23. The first kappa shape index (κ1) is 31.7. The molecule has 0 radical (unpaired) electrons. The molecule has 0 fully saturated rings. The first-order valence-electron chi connectivity index (χ1n) is 14.0. The molecule has 4 nitrogen and oxygen atoms in total. The van der Waals surface area contributed by atoms with Gasteiger partial charge < -0.3 is 14.4 Å². The van der Waals surface area contributed by atoms with E-state index in [1.165, 1.54) is 64.2 Å². The molecule has 0 bridgehead atoms. The van der Waals surface area contributed by atoms with Crippen molar-refractivity contribution in [1.29, 1.82) is 0 Å². The van der Waals surface area contributed by atoms with Crippen LogP contribution in [0.1, 0.15) is 124 Å². The van der Waals surface area contributed by atoms with Gasteiger partial charge in [-0.05, 0) is 70.9 Å². The van der Waals surface area contributed by atoms with Crippen molar-refractivity contribution in [2.45, 2.75) is 130 Å². The minimum Gasteiger partial charge on any atom is -0.434 e. The largest absolute Gasteiger partial charge is 0.508 e. The Balaban J connectivity index is 3.57. The normalized spacial score (nSPS) is 12.8. The van der Waals surface area contributed by atoms with Crippen molar-refractivity contribution < 1.29 is 14.3 Å². The van der Waals surface area contributed by atoms with E-state index >= 15 is 0 Å². The minimum absolute atomic E-state index is 0.00823. The van der Waals surface area contributed by atoms with Crippen LogP contribution in [0.15, 0.2) is 24.3 Å². The van der Waals surface area contributed by atoms with Crippen LogP contribution in [0.4, 0.5) is 4.79 Å². The summed E-state index contributed by atoms with van der Waals surface area (Å²) in [6.45, 7) is 12.1. The van der Waals surface area contributed by atoms with Crippen LogP contribution >= 0.6 is 0 Å². The number of carbonyl (C=O) groups is 1. The molecule has 0 saturated heterocycles. The predicted octanol–water partition coefficient (Wildman–Crippen LogP) is 8.85. The number of carbonyl (C=O) groups excluding carboxylic acids is 1. The number of unbranched alkanes of at least 4 members (excludes halogenated alkanes) is 9. The lowest BCUT2D eigenvalue weighted by Crippen LogP contribution is -2.25. The van der Waals surface area contributed by atoms with Gasteiger partial charge in [-0.3, -0.25) is 0 Å². The highest BCUT2D eigenvalue weighted by molar-refractivity contribution is 5.60. The first-order valence-corrected chi connectivity index (χ1v) is 14.0. The van der Waals surface area contributed by atoms with E-state index in [9.17, 15) is 4.79 Å². The van der Waals surface area contributed by atoms with E-state index in [-0.39, 0.29) is 6.10 Å². The lowest BCUT2D eigenvalue weighted by molar-refractivity contribution is 0.0170. The molecule has 0 rings (SSSR count). The van der Waals surface area contributed by atoms with Gasteiger partial charge in [0.15, 0.2) is 0 Å². The molecule has 0 aliphatic heterocycles. The lowest BCUT2D eigenvalue weighted by atomic mass is 10.0. The predicted molar refractivity (Wildman–Crippen MR) is 143 cm³/mol. The molecular formula is C29H55NO3. The third-order valence-electron chi connectivity index (χ3n) is 6.18. The average Bonchev–Trinajstić information content (AvgIpc) is 2.83. The number of nitrogens with zero attached hydrogens (tertiary/aromatic N) is 1. The Hall–Kier alpha value is -1.29. The van der Waals surface area contributed by atoms with Crippen molar-refractivity contribution in [3.05, 3.63) is 24.3 Å². The number of hydrogen-bond donors (Lipinski definition) is 0. The summed E-state index contributed by atoms with van der Waals surface area (Å²) in [6, 6.07) is 0. The molecule has 0 amide bonds. The fourth-order valence-corrected chi connectivity index (χ4v) is 3.86. The van der Waals surface area contributed by atoms with Crippen LogP contribution in [0.5, 0.6) is 0 Å². The Morgan fingerprint density at radius 2 is 1.36 bits per heavy atom. The zero-order valence-corrected chi connectivity index (χ0v) is 22.5. The quantitative estimate of drug-likeness (QED) is 0.0858. The second kappa shape index (κ2) is 25.3. The zero-order valence-electron chi connectivity index (χ0n) is 22.5. The average molecular weight is 466 g/mol. The van der Waals surface area contributed by atoms with Gasteiger partial charge in [0.05, 0.1) is 6.61 Å². The van der Waals surface area contributed by atoms with Crippen molar-refractivity contribution in [3.63, 3.8) is 0 Å². The molecule has 33 heavy (non-hydrogen) atoms. The topological polar surface area (TPSA) is 38.8 Å². The minimum atomic E-state index is -0.499. The number of hydrogen-bond acceptors (Lipinski definition) is 4. The summed E-state index contributed by atoms with van der Waals surface area (Å²) in [5, 5.41) is 0. The molecule has 0 saturated carbocycles. The zero-order chi connectivity index (χ0) is 24.4. The summed E-state index contributed by atoms with van der Waals surface area (Å²) < 4.78 is 10.7. The molecule has 0 aliphatic carbocycles. The molecule has 4 heteroatoms. The van der Waals surface area contributed by atoms with Gasteiger partial charge in [-0.2, -0.15) is 0 Å². The van der Waals surface area contributed by atoms with Crippen molar-refractivity contribution in [2.75, 3.05) is 26.2 Å². The molecule has 0 aromatic heterocycles. The maximum absolute atomic E-state index is 11.9. The molecule has 0 aliphatic rings. The SMILES string of the molecule is CCCCC/C=C\C/C=C\CCCCCCCCC(CC)OC(=O)OCCCN(CC)CC. The van der Waals surface area contributed by atoms with Gasteiger partial charge in [-0.15, -0.1) is 0 Å². The molecule has 0 N–H and O–H groups in total. The highest BCUT2D eigenvalue weighted by Gasteiger charge is 2.13. The van der Waals surface area contributed by atoms with E-state index in [2.05, 4.69) is 56.9 Å². The van der Waals surface area contributed by atoms with Crippen LogP contribution in [0.3, 0.4) is 0 Å². The van der Waals surface area contributed by atoms with Crippen molar-refractivity contribution in [2.24, 2.45) is 0 Å². The van der Waals surface area contributed by atoms with Gasteiger partial charge in [0, 0.05) is 6.54 Å². The number of allylic oxidation sites excluding steroid dienone is 4. The van der Waals surface area contributed by atoms with E-state index in [1.807, 2.05) is 0 Å². The van der Waals surface area contributed by atoms with Gasteiger partial charge in [0.2, 0.25) is 0 Å². The second-order valence-electron chi connectivity index (χ2n) is 9.00. The molecular weight excluding hydrogens is 410 g/mol. The van der Waals surface area contributed by atoms with Crippen molar-refractivity contribution in [3.8, 4) is 0 Å². The first-order chi connectivity index (χ1) is 16.2. The van der Waals surface area contributed by atoms with Crippen LogP contribution in [-0.2, 0) is 9.47 Å². The Bertz CT molecular complexity index is 471. The highest BCUT2D eigenvalue weighted by Crippen LogP contribution is 2.14. The van der Waals surface area contributed by atoms with Crippen LogP contribution in [-0.4, -0.2) is 43.4 Å². The fraction of sp³-hybridized carbons (Fsp3) is 0.828. The van der Waals surface area contributed by atoms with Crippen LogP contribution in [0.25, 0.3) is 0 Å². The third-order valence-corrected chi connectivity index (χ3v) is 6.18. The fourth-order valence-electron chi connectivity index (χ4n) is 3.86. The number of ether oxygens (including phenoxy) is 2.